The third kappa shape index (κ3) is 8.83. The van der Waals surface area contributed by atoms with Crippen molar-refractivity contribution in [1.29, 1.82) is 0 Å². The molecule has 6 nitrogen and oxygen atoms in total. The van der Waals surface area contributed by atoms with Gasteiger partial charge < -0.3 is 19.1 Å². The van der Waals surface area contributed by atoms with Crippen molar-refractivity contribution in [1.82, 2.24) is 0 Å². The van der Waals surface area contributed by atoms with Crippen molar-refractivity contribution < 1.29 is 23.8 Å². The monoisotopic (exact) mass is 609 g/mol. The number of nitrogens with zero attached hydrogens (tertiary/aromatic N) is 1. The standard InChI is InChI=1S/C40H35NO5/c1-29-7-19-35(20-8-29)41(36-21-13-31(14-22-36)9-10-33-17-25-38(44-3)26-18-33)37-23-15-32(16-24-37)11-12-34-5-4-6-39(27-34)46-40(43)45-28-30(2)42/h4-27H,28H2,1-3H3. The van der Waals surface area contributed by atoms with E-state index in [-0.39, 0.29) is 12.4 Å². The summed E-state index contributed by atoms with van der Waals surface area (Å²) in [5.74, 6) is 0.918. The molecule has 5 aromatic rings. The van der Waals surface area contributed by atoms with Crippen LogP contribution in [0.2, 0.25) is 0 Å². The van der Waals surface area contributed by atoms with E-state index in [1.165, 1.54) is 12.5 Å². The molecule has 0 aliphatic heterocycles. The first-order valence-corrected chi connectivity index (χ1v) is 14.9. The van der Waals surface area contributed by atoms with Crippen LogP contribution < -0.4 is 14.4 Å². The van der Waals surface area contributed by atoms with Gasteiger partial charge in [0.1, 0.15) is 11.5 Å². The van der Waals surface area contributed by atoms with E-state index in [0.29, 0.717) is 5.75 Å². The molecule has 0 aliphatic carbocycles. The SMILES string of the molecule is COc1ccc(C=Cc2ccc(N(c3ccc(C)cc3)c3ccc(C=Cc4cccc(OC(=O)OCC(C)=O)c4)cc3)cc2)cc1. The van der Waals surface area contributed by atoms with Crippen LogP contribution in [-0.2, 0) is 9.53 Å². The summed E-state index contributed by atoms with van der Waals surface area (Å²) in [5, 5.41) is 0. The van der Waals surface area contributed by atoms with Gasteiger partial charge in [-0.1, -0.05) is 90.5 Å². The summed E-state index contributed by atoms with van der Waals surface area (Å²) in [6.07, 6.45) is 7.22. The number of benzene rings is 5. The molecule has 0 heterocycles. The fourth-order valence-corrected chi connectivity index (χ4v) is 4.68. The Morgan fingerprint density at radius 2 is 1.09 bits per heavy atom. The number of ether oxygens (including phenoxy) is 3. The van der Waals surface area contributed by atoms with Crippen LogP contribution in [0.1, 0.15) is 34.7 Å². The minimum Gasteiger partial charge on any atom is -0.497 e. The van der Waals surface area contributed by atoms with Crippen LogP contribution in [0, 0.1) is 6.92 Å². The molecule has 0 fully saturated rings. The van der Waals surface area contributed by atoms with Crippen LogP contribution in [0.15, 0.2) is 121 Å². The van der Waals surface area contributed by atoms with Gasteiger partial charge in [0.25, 0.3) is 0 Å². The van der Waals surface area contributed by atoms with Crippen molar-refractivity contribution in [3.8, 4) is 11.5 Å². The maximum absolute atomic E-state index is 11.8. The molecule has 0 saturated heterocycles. The summed E-state index contributed by atoms with van der Waals surface area (Å²) in [7, 11) is 1.67. The number of hydrogen-bond donors (Lipinski definition) is 0. The highest BCUT2D eigenvalue weighted by Gasteiger charge is 2.12. The van der Waals surface area contributed by atoms with Crippen molar-refractivity contribution in [2.45, 2.75) is 13.8 Å². The predicted octanol–water partition coefficient (Wildman–Crippen LogP) is 9.92. The normalized spacial score (nSPS) is 11.0. The maximum atomic E-state index is 11.8. The van der Waals surface area contributed by atoms with E-state index >= 15 is 0 Å². The number of carbonyl (C=O) groups excluding carboxylic acids is 2. The van der Waals surface area contributed by atoms with Crippen molar-refractivity contribution >= 4 is 53.3 Å². The molecule has 0 atom stereocenters. The summed E-state index contributed by atoms with van der Waals surface area (Å²) in [6, 6.07) is 40.4. The second-order valence-electron chi connectivity index (χ2n) is 10.7. The molecule has 0 amide bonds. The molecular weight excluding hydrogens is 574 g/mol. The highest BCUT2D eigenvalue weighted by molar-refractivity contribution is 5.80. The fourth-order valence-electron chi connectivity index (χ4n) is 4.68. The van der Waals surface area contributed by atoms with Gasteiger partial charge in [-0.25, -0.2) is 4.79 Å². The minimum atomic E-state index is -0.912. The van der Waals surface area contributed by atoms with Crippen LogP contribution in [0.5, 0.6) is 11.5 Å². The molecular formula is C40H35NO5. The predicted molar refractivity (Wildman–Crippen MR) is 186 cm³/mol. The van der Waals surface area contributed by atoms with Gasteiger partial charge in [0.15, 0.2) is 12.4 Å². The summed E-state index contributed by atoms with van der Waals surface area (Å²) in [6.45, 7) is 3.11. The Kier molecular flexibility index (Phi) is 10.4. The average Bonchev–Trinajstić information content (AvgIpc) is 3.08. The van der Waals surface area contributed by atoms with Crippen molar-refractivity contribution in [2.24, 2.45) is 0 Å². The first kappa shape index (κ1) is 31.5. The molecule has 0 N–H and O–H groups in total. The molecule has 0 aromatic heterocycles. The number of carbonyl (C=O) groups is 2. The second kappa shape index (κ2) is 15.2. The Balaban J connectivity index is 1.32. The van der Waals surface area contributed by atoms with E-state index in [2.05, 4.69) is 96.8 Å². The van der Waals surface area contributed by atoms with Gasteiger partial charge in [0.05, 0.1) is 7.11 Å². The van der Waals surface area contributed by atoms with E-state index in [4.69, 9.17) is 14.2 Å². The molecule has 0 spiro atoms. The highest BCUT2D eigenvalue weighted by Crippen LogP contribution is 2.35. The Morgan fingerprint density at radius 1 is 0.609 bits per heavy atom. The number of Topliss-reactive ketones (excluding diaryl/α,β-unsaturated/α-hetero) is 1. The maximum Gasteiger partial charge on any atom is 0.514 e. The van der Waals surface area contributed by atoms with Crippen LogP contribution >= 0.6 is 0 Å². The van der Waals surface area contributed by atoms with Crippen molar-refractivity contribution in [2.75, 3.05) is 18.6 Å². The summed E-state index contributed by atoms with van der Waals surface area (Å²) in [5.41, 5.74) is 8.41. The lowest BCUT2D eigenvalue weighted by atomic mass is 10.1. The van der Waals surface area contributed by atoms with Crippen molar-refractivity contribution in [3.63, 3.8) is 0 Å². The number of hydrogen-bond acceptors (Lipinski definition) is 6. The number of rotatable bonds is 11. The first-order valence-electron chi connectivity index (χ1n) is 14.9. The van der Waals surface area contributed by atoms with Gasteiger partial charge in [0, 0.05) is 17.1 Å². The lowest BCUT2D eigenvalue weighted by molar-refractivity contribution is -0.120. The van der Waals surface area contributed by atoms with E-state index < -0.39 is 6.16 Å². The molecule has 5 rings (SSSR count). The zero-order valence-electron chi connectivity index (χ0n) is 26.1. The Bertz CT molecular complexity index is 1820. The fraction of sp³-hybridized carbons (Fsp3) is 0.100. The molecule has 0 saturated carbocycles. The summed E-state index contributed by atoms with van der Waals surface area (Å²) < 4.78 is 15.2. The Morgan fingerprint density at radius 3 is 1.59 bits per heavy atom. The first-order chi connectivity index (χ1) is 22.4. The van der Waals surface area contributed by atoms with Gasteiger partial charge in [-0.15, -0.1) is 0 Å². The molecule has 6 heteroatoms. The van der Waals surface area contributed by atoms with Gasteiger partial charge in [-0.05, 0) is 96.8 Å². The van der Waals surface area contributed by atoms with E-state index in [1.54, 1.807) is 25.3 Å². The molecule has 0 unspecified atom stereocenters. The lowest BCUT2D eigenvalue weighted by Gasteiger charge is -2.26. The number of methoxy groups -OCH3 is 1. The molecule has 0 aliphatic rings. The van der Waals surface area contributed by atoms with Crippen LogP contribution in [0.3, 0.4) is 0 Å². The largest absolute Gasteiger partial charge is 0.514 e. The van der Waals surface area contributed by atoms with Crippen LogP contribution in [-0.4, -0.2) is 25.7 Å². The van der Waals surface area contributed by atoms with Crippen molar-refractivity contribution in [3.05, 3.63) is 149 Å². The summed E-state index contributed by atoms with van der Waals surface area (Å²) in [4.78, 5) is 25.1. The third-order valence-corrected chi connectivity index (χ3v) is 7.10. The Hall–Kier alpha value is -5.88. The van der Waals surface area contributed by atoms with E-state index in [1.807, 2.05) is 42.5 Å². The smallest absolute Gasteiger partial charge is 0.497 e. The molecule has 46 heavy (non-hydrogen) atoms. The number of aryl methyl sites for hydroxylation is 1. The average molecular weight is 610 g/mol. The lowest BCUT2D eigenvalue weighted by Crippen LogP contribution is -2.15. The second-order valence-corrected chi connectivity index (χ2v) is 10.7. The van der Waals surface area contributed by atoms with Crippen LogP contribution in [0.4, 0.5) is 21.9 Å². The van der Waals surface area contributed by atoms with Crippen LogP contribution in [0.25, 0.3) is 24.3 Å². The van der Waals surface area contributed by atoms with E-state index in [0.717, 1.165) is 45.1 Å². The van der Waals surface area contributed by atoms with Gasteiger partial charge in [0.2, 0.25) is 0 Å². The molecule has 5 aromatic carbocycles. The quantitative estimate of drug-likeness (QED) is 0.0844. The highest BCUT2D eigenvalue weighted by atomic mass is 16.7. The van der Waals surface area contributed by atoms with Gasteiger partial charge in [-0.2, -0.15) is 0 Å². The molecule has 230 valence electrons. The third-order valence-electron chi connectivity index (χ3n) is 7.10. The number of anilines is 3. The topological polar surface area (TPSA) is 65.1 Å². The zero-order chi connectivity index (χ0) is 32.3. The zero-order valence-corrected chi connectivity index (χ0v) is 26.1. The van der Waals surface area contributed by atoms with Gasteiger partial charge >= 0.3 is 6.16 Å². The molecule has 0 bridgehead atoms. The Labute approximate surface area is 269 Å². The minimum absolute atomic E-state index is 0.256. The van der Waals surface area contributed by atoms with Gasteiger partial charge in [-0.3, -0.25) is 4.79 Å². The summed E-state index contributed by atoms with van der Waals surface area (Å²) >= 11 is 0. The number of ketones is 1. The molecule has 0 radical (unpaired) electrons. The van der Waals surface area contributed by atoms with E-state index in [9.17, 15) is 9.59 Å².